The van der Waals surface area contributed by atoms with Gasteiger partial charge < -0.3 is 10.4 Å². The van der Waals surface area contributed by atoms with E-state index < -0.39 is 68.0 Å². The molecule has 0 spiro atoms. The van der Waals surface area contributed by atoms with Crippen LogP contribution in [0.1, 0.15) is 46.7 Å². The van der Waals surface area contributed by atoms with E-state index >= 15 is 0 Å². The number of carbonyl (C=O) groups is 1. The standard InChI is InChI=1S/C22H21ClF5NO4S/c1-34(32,33)18-6-5-12(22(26,27)28)9-15(18)20(30)29-11-21(31)8-7-13(24)10-16(21)14-3-2-4-17(25)19(14)23/h2-6,9,13,16,31H,7-8,10-11H2,1H3,(H,29,30). The fourth-order valence-corrected chi connectivity index (χ4v) is 5.25. The van der Waals surface area contributed by atoms with Crippen molar-refractivity contribution in [1.29, 1.82) is 0 Å². The van der Waals surface area contributed by atoms with Crippen LogP contribution >= 0.6 is 11.6 Å². The van der Waals surface area contributed by atoms with Crippen LogP contribution in [0.25, 0.3) is 0 Å². The largest absolute Gasteiger partial charge is 0.416 e. The van der Waals surface area contributed by atoms with Crippen molar-refractivity contribution in [1.82, 2.24) is 5.32 Å². The van der Waals surface area contributed by atoms with Crippen LogP contribution < -0.4 is 5.32 Å². The molecule has 0 heterocycles. The zero-order chi connectivity index (χ0) is 25.5. The van der Waals surface area contributed by atoms with E-state index in [1.165, 1.54) is 12.1 Å². The van der Waals surface area contributed by atoms with Gasteiger partial charge in [0.05, 0.1) is 26.6 Å². The Morgan fingerprint density at radius 1 is 1.26 bits per heavy atom. The molecular weight excluding hydrogens is 505 g/mol. The first-order valence-electron chi connectivity index (χ1n) is 10.1. The molecule has 1 aliphatic rings. The third-order valence-electron chi connectivity index (χ3n) is 5.89. The van der Waals surface area contributed by atoms with Gasteiger partial charge in [0.15, 0.2) is 9.84 Å². The van der Waals surface area contributed by atoms with Crippen molar-refractivity contribution in [3.8, 4) is 0 Å². The molecule has 34 heavy (non-hydrogen) atoms. The molecule has 3 unspecified atom stereocenters. The van der Waals surface area contributed by atoms with Crippen molar-refractivity contribution >= 4 is 27.3 Å². The summed E-state index contributed by atoms with van der Waals surface area (Å²) in [6.07, 6.45) is -5.89. The summed E-state index contributed by atoms with van der Waals surface area (Å²) in [6.45, 7) is -0.560. The Balaban J connectivity index is 1.94. The quantitative estimate of drug-likeness (QED) is 0.556. The van der Waals surface area contributed by atoms with Gasteiger partial charge in [0.2, 0.25) is 0 Å². The van der Waals surface area contributed by atoms with Crippen LogP contribution in [-0.4, -0.2) is 44.0 Å². The molecule has 0 radical (unpaired) electrons. The lowest BCUT2D eigenvalue weighted by Crippen LogP contribution is -2.50. The van der Waals surface area contributed by atoms with Gasteiger partial charge in [-0.2, -0.15) is 13.2 Å². The van der Waals surface area contributed by atoms with Crippen LogP contribution in [-0.2, 0) is 16.0 Å². The molecule has 1 aliphatic carbocycles. The SMILES string of the molecule is CS(=O)(=O)c1ccc(C(F)(F)F)cc1C(=O)NCC1(O)CCC(F)CC1c1cccc(F)c1Cl. The molecule has 1 fully saturated rings. The van der Waals surface area contributed by atoms with Gasteiger partial charge in [-0.3, -0.25) is 4.79 Å². The van der Waals surface area contributed by atoms with E-state index in [1.54, 1.807) is 0 Å². The molecule has 0 bridgehead atoms. The Morgan fingerprint density at radius 2 is 1.94 bits per heavy atom. The topological polar surface area (TPSA) is 83.5 Å². The first kappa shape index (κ1) is 26.4. The number of rotatable bonds is 5. The number of benzene rings is 2. The number of halogens is 6. The zero-order valence-corrected chi connectivity index (χ0v) is 19.4. The van der Waals surface area contributed by atoms with Crippen LogP contribution in [0.3, 0.4) is 0 Å². The Bertz CT molecular complexity index is 1200. The second-order valence-electron chi connectivity index (χ2n) is 8.33. The predicted molar refractivity (Wildman–Crippen MR) is 115 cm³/mol. The number of hydrogen-bond donors (Lipinski definition) is 2. The van der Waals surface area contributed by atoms with Gasteiger partial charge in [-0.05, 0) is 49.1 Å². The Morgan fingerprint density at radius 3 is 2.56 bits per heavy atom. The summed E-state index contributed by atoms with van der Waals surface area (Å²) in [5.74, 6) is -2.99. The summed E-state index contributed by atoms with van der Waals surface area (Å²) >= 11 is 6.02. The van der Waals surface area contributed by atoms with E-state index in [0.29, 0.717) is 18.2 Å². The average Bonchev–Trinajstić information content (AvgIpc) is 2.74. The minimum absolute atomic E-state index is 0.0754. The molecule has 0 aromatic heterocycles. The molecule has 1 amide bonds. The molecule has 12 heteroatoms. The van der Waals surface area contributed by atoms with E-state index in [-0.39, 0.29) is 29.8 Å². The van der Waals surface area contributed by atoms with E-state index in [0.717, 1.165) is 12.3 Å². The summed E-state index contributed by atoms with van der Waals surface area (Å²) in [7, 11) is -4.07. The number of nitrogens with one attached hydrogen (secondary N) is 1. The maximum atomic E-state index is 14.2. The highest BCUT2D eigenvalue weighted by molar-refractivity contribution is 7.90. The number of amides is 1. The Hall–Kier alpha value is -2.24. The highest BCUT2D eigenvalue weighted by atomic mass is 35.5. The molecule has 3 atom stereocenters. The number of hydrogen-bond acceptors (Lipinski definition) is 4. The molecule has 1 saturated carbocycles. The molecule has 5 nitrogen and oxygen atoms in total. The van der Waals surface area contributed by atoms with Gasteiger partial charge in [0, 0.05) is 18.7 Å². The number of aliphatic hydroxyl groups is 1. The van der Waals surface area contributed by atoms with Crippen LogP contribution in [0.2, 0.25) is 5.02 Å². The third kappa shape index (κ3) is 5.52. The van der Waals surface area contributed by atoms with Crippen molar-refractivity contribution < 1.29 is 40.3 Å². The second-order valence-corrected chi connectivity index (χ2v) is 10.7. The smallest absolute Gasteiger partial charge is 0.387 e. The summed E-state index contributed by atoms with van der Waals surface area (Å²) in [4.78, 5) is 12.2. The van der Waals surface area contributed by atoms with E-state index in [1.807, 2.05) is 0 Å². The second kappa shape index (κ2) is 9.43. The first-order chi connectivity index (χ1) is 15.6. The fraction of sp³-hybridized carbons (Fsp3) is 0.409. The monoisotopic (exact) mass is 525 g/mol. The third-order valence-corrected chi connectivity index (χ3v) is 7.45. The Kier molecular flexibility index (Phi) is 7.31. The van der Waals surface area contributed by atoms with Crippen LogP contribution in [0.15, 0.2) is 41.3 Å². The van der Waals surface area contributed by atoms with Crippen LogP contribution in [0, 0.1) is 5.82 Å². The molecule has 0 saturated heterocycles. The van der Waals surface area contributed by atoms with Crippen molar-refractivity contribution in [3.05, 3.63) is 63.9 Å². The average molecular weight is 526 g/mol. The highest BCUT2D eigenvalue weighted by Crippen LogP contribution is 2.44. The molecular formula is C22H21ClF5NO4S. The summed E-state index contributed by atoms with van der Waals surface area (Å²) in [6, 6.07) is 5.47. The molecule has 3 rings (SSSR count). The minimum atomic E-state index is -4.83. The van der Waals surface area contributed by atoms with Crippen LogP contribution in [0.4, 0.5) is 22.0 Å². The minimum Gasteiger partial charge on any atom is -0.387 e. The van der Waals surface area contributed by atoms with Gasteiger partial charge in [-0.1, -0.05) is 23.7 Å². The lowest BCUT2D eigenvalue weighted by molar-refractivity contribution is -0.137. The molecule has 2 aromatic carbocycles. The van der Waals surface area contributed by atoms with Gasteiger partial charge in [0.1, 0.15) is 12.0 Å². The van der Waals surface area contributed by atoms with Crippen LogP contribution in [0.5, 0.6) is 0 Å². The summed E-state index contributed by atoms with van der Waals surface area (Å²) in [5.41, 5.74) is -3.68. The maximum Gasteiger partial charge on any atom is 0.416 e. The van der Waals surface area contributed by atoms with Gasteiger partial charge in [-0.25, -0.2) is 17.2 Å². The summed E-state index contributed by atoms with van der Waals surface area (Å²) < 4.78 is 91.7. The normalized spacial score (nSPS) is 23.5. The fourth-order valence-electron chi connectivity index (χ4n) is 4.13. The lowest BCUT2D eigenvalue weighted by atomic mass is 9.71. The summed E-state index contributed by atoms with van der Waals surface area (Å²) in [5, 5.41) is 13.2. The van der Waals surface area contributed by atoms with Crippen molar-refractivity contribution in [3.63, 3.8) is 0 Å². The van der Waals surface area contributed by atoms with Gasteiger partial charge in [-0.15, -0.1) is 0 Å². The van der Waals surface area contributed by atoms with E-state index in [2.05, 4.69) is 5.32 Å². The van der Waals surface area contributed by atoms with Gasteiger partial charge in [0.25, 0.3) is 5.91 Å². The van der Waals surface area contributed by atoms with E-state index in [4.69, 9.17) is 11.6 Å². The highest BCUT2D eigenvalue weighted by Gasteiger charge is 2.44. The molecule has 2 N–H and O–H groups in total. The van der Waals surface area contributed by atoms with Gasteiger partial charge >= 0.3 is 6.18 Å². The predicted octanol–water partition coefficient (Wildman–Crippen LogP) is 4.67. The molecule has 186 valence electrons. The maximum absolute atomic E-state index is 14.2. The molecule has 2 aromatic rings. The lowest BCUT2D eigenvalue weighted by Gasteiger charge is -2.42. The first-order valence-corrected chi connectivity index (χ1v) is 12.4. The Labute approximate surface area is 197 Å². The van der Waals surface area contributed by atoms with E-state index in [9.17, 15) is 40.3 Å². The van der Waals surface area contributed by atoms with Crippen molar-refractivity contribution in [2.75, 3.05) is 12.8 Å². The van der Waals surface area contributed by atoms with Crippen molar-refractivity contribution in [2.45, 2.75) is 48.0 Å². The van der Waals surface area contributed by atoms with Crippen molar-refractivity contribution in [2.24, 2.45) is 0 Å². The molecule has 0 aliphatic heterocycles. The number of alkyl halides is 4. The zero-order valence-electron chi connectivity index (χ0n) is 17.8. The number of carbonyl (C=O) groups excluding carboxylic acids is 1. The number of sulfone groups is 1.